The van der Waals surface area contributed by atoms with Crippen molar-refractivity contribution in [1.29, 1.82) is 0 Å². The quantitative estimate of drug-likeness (QED) is 0.646. The second-order valence-electron chi connectivity index (χ2n) is 4.23. The van der Waals surface area contributed by atoms with E-state index in [4.69, 9.17) is 4.42 Å². The Morgan fingerprint density at radius 3 is 2.56 bits per heavy atom. The molecule has 0 saturated carbocycles. The van der Waals surface area contributed by atoms with Crippen molar-refractivity contribution in [2.24, 2.45) is 5.92 Å². The summed E-state index contributed by atoms with van der Waals surface area (Å²) < 4.78 is 5.51. The lowest BCUT2D eigenvalue weighted by molar-refractivity contribution is 0.0878. The predicted molar refractivity (Wildman–Crippen MR) is 65.7 cm³/mol. The van der Waals surface area contributed by atoms with E-state index in [1.807, 2.05) is 19.1 Å². The number of Topliss-reactive ketones (excluding diaryl/α,β-unsaturated/α-hetero) is 1. The molecule has 2 heteroatoms. The van der Waals surface area contributed by atoms with Crippen LogP contribution in [0.1, 0.15) is 62.8 Å². The maximum Gasteiger partial charge on any atom is 0.201 e. The molecule has 0 aliphatic rings. The molecular weight excluding hydrogens is 200 g/mol. The predicted octanol–water partition coefficient (Wildman–Crippen LogP) is 4.24. The molecule has 0 saturated heterocycles. The minimum absolute atomic E-state index is 0.135. The molecule has 0 fully saturated rings. The summed E-state index contributed by atoms with van der Waals surface area (Å²) in [5.41, 5.74) is 0. The molecule has 0 aliphatic carbocycles. The van der Waals surface area contributed by atoms with Crippen molar-refractivity contribution in [2.45, 2.75) is 52.9 Å². The highest BCUT2D eigenvalue weighted by molar-refractivity contribution is 5.95. The van der Waals surface area contributed by atoms with Gasteiger partial charge in [0.2, 0.25) is 5.78 Å². The topological polar surface area (TPSA) is 30.2 Å². The molecule has 16 heavy (non-hydrogen) atoms. The Balaban J connectivity index is 2.66. The first-order chi connectivity index (χ1) is 7.72. The highest BCUT2D eigenvalue weighted by atomic mass is 16.3. The fourth-order valence-electron chi connectivity index (χ4n) is 1.87. The van der Waals surface area contributed by atoms with Crippen LogP contribution in [-0.2, 0) is 6.42 Å². The van der Waals surface area contributed by atoms with Gasteiger partial charge in [-0.25, -0.2) is 0 Å². The summed E-state index contributed by atoms with van der Waals surface area (Å²) in [5, 5.41) is 0. The van der Waals surface area contributed by atoms with Gasteiger partial charge in [-0.3, -0.25) is 4.79 Å². The van der Waals surface area contributed by atoms with Crippen LogP contribution in [0.4, 0.5) is 0 Å². The van der Waals surface area contributed by atoms with E-state index in [9.17, 15) is 4.79 Å². The second-order valence-corrected chi connectivity index (χ2v) is 4.23. The SMILES string of the molecule is CCCCC(CC)C(=O)c1ccc(CC)o1. The molecule has 1 unspecified atom stereocenters. The molecule has 0 amide bonds. The standard InChI is InChI=1S/C14H22O2/c1-4-7-8-11(5-2)14(15)13-10-9-12(6-3)16-13/h9-11H,4-8H2,1-3H3. The van der Waals surface area contributed by atoms with Crippen molar-refractivity contribution >= 4 is 5.78 Å². The van der Waals surface area contributed by atoms with Gasteiger partial charge in [-0.15, -0.1) is 0 Å². The summed E-state index contributed by atoms with van der Waals surface area (Å²) in [6.45, 7) is 6.25. The van der Waals surface area contributed by atoms with Crippen LogP contribution < -0.4 is 0 Å². The first kappa shape index (κ1) is 13.0. The number of carbonyl (C=O) groups excluding carboxylic acids is 1. The summed E-state index contributed by atoms with van der Waals surface area (Å²) in [7, 11) is 0. The van der Waals surface area contributed by atoms with Gasteiger partial charge < -0.3 is 4.42 Å². The third-order valence-electron chi connectivity index (χ3n) is 3.02. The summed E-state index contributed by atoms with van der Waals surface area (Å²) in [6, 6.07) is 3.72. The summed E-state index contributed by atoms with van der Waals surface area (Å²) >= 11 is 0. The Hall–Kier alpha value is -1.05. The van der Waals surface area contributed by atoms with Crippen LogP contribution in [0.5, 0.6) is 0 Å². The van der Waals surface area contributed by atoms with E-state index in [0.29, 0.717) is 5.76 Å². The second kappa shape index (κ2) is 6.51. The van der Waals surface area contributed by atoms with Crippen molar-refractivity contribution < 1.29 is 9.21 Å². The van der Waals surface area contributed by atoms with E-state index in [1.165, 1.54) is 0 Å². The van der Waals surface area contributed by atoms with Gasteiger partial charge in [-0.2, -0.15) is 0 Å². The number of hydrogen-bond donors (Lipinski definition) is 0. The molecule has 2 nitrogen and oxygen atoms in total. The number of ketones is 1. The summed E-state index contributed by atoms with van der Waals surface area (Å²) in [4.78, 5) is 12.1. The monoisotopic (exact) mass is 222 g/mol. The molecule has 1 aromatic rings. The van der Waals surface area contributed by atoms with Crippen LogP contribution in [-0.4, -0.2) is 5.78 Å². The zero-order valence-corrected chi connectivity index (χ0v) is 10.6. The fourth-order valence-corrected chi connectivity index (χ4v) is 1.87. The normalized spacial score (nSPS) is 12.7. The van der Waals surface area contributed by atoms with E-state index in [2.05, 4.69) is 13.8 Å². The zero-order chi connectivity index (χ0) is 12.0. The maximum atomic E-state index is 12.1. The highest BCUT2D eigenvalue weighted by Crippen LogP contribution is 2.20. The van der Waals surface area contributed by atoms with Gasteiger partial charge in [0.1, 0.15) is 5.76 Å². The van der Waals surface area contributed by atoms with Crippen LogP contribution in [0.25, 0.3) is 0 Å². The molecule has 0 bridgehead atoms. The van der Waals surface area contributed by atoms with E-state index >= 15 is 0 Å². The highest BCUT2D eigenvalue weighted by Gasteiger charge is 2.20. The average molecular weight is 222 g/mol. The van der Waals surface area contributed by atoms with Crippen molar-refractivity contribution in [3.05, 3.63) is 23.7 Å². The van der Waals surface area contributed by atoms with Crippen LogP contribution in [0.2, 0.25) is 0 Å². The lowest BCUT2D eigenvalue weighted by Crippen LogP contribution is -2.13. The Labute approximate surface area is 98.0 Å². The molecule has 0 spiro atoms. The fraction of sp³-hybridized carbons (Fsp3) is 0.643. The van der Waals surface area contributed by atoms with Crippen LogP contribution in [0.15, 0.2) is 16.5 Å². The zero-order valence-electron chi connectivity index (χ0n) is 10.6. The molecular formula is C14H22O2. The number of carbonyl (C=O) groups is 1. The Bertz CT molecular complexity index is 325. The largest absolute Gasteiger partial charge is 0.458 e. The van der Waals surface area contributed by atoms with Crippen molar-refractivity contribution in [3.63, 3.8) is 0 Å². The minimum Gasteiger partial charge on any atom is -0.458 e. The summed E-state index contributed by atoms with van der Waals surface area (Å²) in [6.07, 6.45) is 4.99. The smallest absolute Gasteiger partial charge is 0.201 e. The molecule has 1 rings (SSSR count). The Morgan fingerprint density at radius 2 is 2.06 bits per heavy atom. The van der Waals surface area contributed by atoms with Crippen molar-refractivity contribution in [2.75, 3.05) is 0 Å². The van der Waals surface area contributed by atoms with Gasteiger partial charge >= 0.3 is 0 Å². The molecule has 0 radical (unpaired) electrons. The lowest BCUT2D eigenvalue weighted by atomic mass is 9.93. The molecule has 0 aromatic carbocycles. The van der Waals surface area contributed by atoms with E-state index in [1.54, 1.807) is 0 Å². The van der Waals surface area contributed by atoms with E-state index in [-0.39, 0.29) is 11.7 Å². The first-order valence-corrected chi connectivity index (χ1v) is 6.35. The number of rotatable bonds is 7. The van der Waals surface area contributed by atoms with Crippen LogP contribution >= 0.6 is 0 Å². The van der Waals surface area contributed by atoms with Gasteiger partial charge in [-0.1, -0.05) is 33.6 Å². The molecule has 1 atom stereocenters. The van der Waals surface area contributed by atoms with Gasteiger partial charge in [0.15, 0.2) is 5.76 Å². The lowest BCUT2D eigenvalue weighted by Gasteiger charge is -2.10. The van der Waals surface area contributed by atoms with Crippen LogP contribution in [0, 0.1) is 5.92 Å². The molecule has 1 heterocycles. The minimum atomic E-state index is 0.135. The number of furan rings is 1. The van der Waals surface area contributed by atoms with Crippen molar-refractivity contribution in [3.8, 4) is 0 Å². The third kappa shape index (κ3) is 3.22. The summed E-state index contributed by atoms with van der Waals surface area (Å²) in [5.74, 6) is 1.75. The molecule has 1 aromatic heterocycles. The van der Waals surface area contributed by atoms with E-state index in [0.717, 1.165) is 37.9 Å². The molecule has 90 valence electrons. The first-order valence-electron chi connectivity index (χ1n) is 6.35. The molecule has 0 aliphatic heterocycles. The average Bonchev–Trinajstić information content (AvgIpc) is 2.78. The Morgan fingerprint density at radius 1 is 1.31 bits per heavy atom. The van der Waals surface area contributed by atoms with Gasteiger partial charge in [0, 0.05) is 12.3 Å². The van der Waals surface area contributed by atoms with Gasteiger partial charge in [0.05, 0.1) is 0 Å². The number of unbranched alkanes of at least 4 members (excludes halogenated alkanes) is 1. The third-order valence-corrected chi connectivity index (χ3v) is 3.02. The maximum absolute atomic E-state index is 12.1. The number of aryl methyl sites for hydroxylation is 1. The van der Waals surface area contributed by atoms with Crippen molar-refractivity contribution in [1.82, 2.24) is 0 Å². The molecule has 0 N–H and O–H groups in total. The van der Waals surface area contributed by atoms with Crippen LogP contribution in [0.3, 0.4) is 0 Å². The van der Waals surface area contributed by atoms with Gasteiger partial charge in [-0.05, 0) is 25.0 Å². The Kier molecular flexibility index (Phi) is 5.30. The van der Waals surface area contributed by atoms with E-state index < -0.39 is 0 Å². The number of hydrogen-bond acceptors (Lipinski definition) is 2. The van der Waals surface area contributed by atoms with Gasteiger partial charge in [0.25, 0.3) is 0 Å².